The summed E-state index contributed by atoms with van der Waals surface area (Å²) in [5, 5.41) is 14.6. The second-order valence-corrected chi connectivity index (χ2v) is 3.09. The monoisotopic (exact) mass is 188 g/mol. The average Bonchev–Trinajstić information content (AvgIpc) is 2.52. The van der Waals surface area contributed by atoms with E-state index in [2.05, 4.69) is 10.6 Å². The predicted octanol–water partition coefficient (Wildman–Crippen LogP) is -0.545. The van der Waals surface area contributed by atoms with E-state index >= 15 is 0 Å². The molecule has 5 heteroatoms. The van der Waals surface area contributed by atoms with Gasteiger partial charge in [-0.1, -0.05) is 0 Å². The van der Waals surface area contributed by atoms with Crippen LogP contribution in [0.5, 0.6) is 0 Å². The molecular formula is C8H16N2O3. The van der Waals surface area contributed by atoms with Crippen molar-refractivity contribution in [1.82, 2.24) is 10.6 Å². The number of ether oxygens (including phenoxy) is 1. The van der Waals surface area contributed by atoms with Crippen LogP contribution in [0.15, 0.2) is 0 Å². The number of hydrogen-bond acceptors (Lipinski definition) is 4. The molecule has 0 radical (unpaired) electrons. The van der Waals surface area contributed by atoms with Gasteiger partial charge in [0.15, 0.2) is 0 Å². The van der Waals surface area contributed by atoms with Crippen molar-refractivity contribution in [2.24, 2.45) is 0 Å². The molecular weight excluding hydrogens is 172 g/mol. The van der Waals surface area contributed by atoms with Gasteiger partial charge in [0.05, 0.1) is 13.2 Å². The number of alkyl carbamates (subject to hydrolysis) is 1. The lowest BCUT2D eigenvalue weighted by Gasteiger charge is -2.10. The zero-order chi connectivity index (χ0) is 9.68. The van der Waals surface area contributed by atoms with Crippen LogP contribution in [-0.4, -0.2) is 43.0 Å². The Kier molecular flexibility index (Phi) is 3.98. The van der Waals surface area contributed by atoms with Gasteiger partial charge >= 0.3 is 6.09 Å². The van der Waals surface area contributed by atoms with Crippen LogP contribution < -0.4 is 10.6 Å². The highest BCUT2D eigenvalue weighted by Gasteiger charge is 2.24. The molecule has 0 aromatic carbocycles. The molecule has 13 heavy (non-hydrogen) atoms. The van der Waals surface area contributed by atoms with E-state index in [0.717, 1.165) is 6.42 Å². The molecule has 1 heterocycles. The Hall–Kier alpha value is -0.810. The SMILES string of the molecule is CCOC(=O)N[C@@H]1CN[C@H](CO)C1. The van der Waals surface area contributed by atoms with Gasteiger partial charge in [0, 0.05) is 18.6 Å². The number of rotatable bonds is 3. The molecule has 0 saturated carbocycles. The Bertz CT molecular complexity index is 175. The van der Waals surface area contributed by atoms with Crippen molar-refractivity contribution in [3.8, 4) is 0 Å². The van der Waals surface area contributed by atoms with Gasteiger partial charge in [0.2, 0.25) is 0 Å². The maximum absolute atomic E-state index is 11.0. The van der Waals surface area contributed by atoms with Gasteiger partial charge in [-0.2, -0.15) is 0 Å². The van der Waals surface area contributed by atoms with Crippen LogP contribution in [0.1, 0.15) is 13.3 Å². The van der Waals surface area contributed by atoms with Gasteiger partial charge in [-0.05, 0) is 13.3 Å². The highest BCUT2D eigenvalue weighted by atomic mass is 16.5. The number of nitrogens with one attached hydrogen (secondary N) is 2. The minimum atomic E-state index is -0.382. The number of aliphatic hydroxyl groups is 1. The van der Waals surface area contributed by atoms with Gasteiger partial charge < -0.3 is 20.5 Å². The van der Waals surface area contributed by atoms with Gasteiger partial charge in [-0.25, -0.2) is 4.79 Å². The molecule has 0 unspecified atom stereocenters. The first-order valence-electron chi connectivity index (χ1n) is 4.53. The summed E-state index contributed by atoms with van der Waals surface area (Å²) in [6.45, 7) is 2.96. The highest BCUT2D eigenvalue weighted by Crippen LogP contribution is 2.05. The first-order chi connectivity index (χ1) is 6.26. The van der Waals surface area contributed by atoms with Crippen molar-refractivity contribution < 1.29 is 14.6 Å². The molecule has 1 fully saturated rings. The second-order valence-electron chi connectivity index (χ2n) is 3.09. The predicted molar refractivity (Wildman–Crippen MR) is 47.4 cm³/mol. The normalized spacial score (nSPS) is 27.2. The number of hydrogen-bond donors (Lipinski definition) is 3. The summed E-state index contributed by atoms with van der Waals surface area (Å²) in [4.78, 5) is 11.0. The standard InChI is InChI=1S/C8H16N2O3/c1-2-13-8(12)10-6-3-7(5-11)9-4-6/h6-7,9,11H,2-5H2,1H3,(H,10,12)/t6-,7-/m0/s1. The van der Waals surface area contributed by atoms with Crippen molar-refractivity contribution in [3.63, 3.8) is 0 Å². The molecule has 0 aromatic rings. The summed E-state index contributed by atoms with van der Waals surface area (Å²) in [5.41, 5.74) is 0. The summed E-state index contributed by atoms with van der Waals surface area (Å²) in [6.07, 6.45) is 0.378. The Morgan fingerprint density at radius 2 is 2.54 bits per heavy atom. The van der Waals surface area contributed by atoms with Crippen LogP contribution in [0.2, 0.25) is 0 Å². The van der Waals surface area contributed by atoms with E-state index < -0.39 is 0 Å². The zero-order valence-corrected chi connectivity index (χ0v) is 7.75. The molecule has 0 spiro atoms. The fourth-order valence-corrected chi connectivity index (χ4v) is 1.41. The van der Waals surface area contributed by atoms with Crippen LogP contribution in [0.4, 0.5) is 4.79 Å². The summed E-state index contributed by atoms with van der Waals surface area (Å²) >= 11 is 0. The summed E-state index contributed by atoms with van der Waals surface area (Å²) in [6, 6.07) is 0.183. The summed E-state index contributed by atoms with van der Waals surface area (Å²) in [5.74, 6) is 0. The molecule has 5 nitrogen and oxygen atoms in total. The Morgan fingerprint density at radius 3 is 3.08 bits per heavy atom. The molecule has 1 saturated heterocycles. The number of carbonyl (C=O) groups excluding carboxylic acids is 1. The van der Waals surface area contributed by atoms with Gasteiger partial charge in [-0.15, -0.1) is 0 Å². The first-order valence-corrected chi connectivity index (χ1v) is 4.53. The molecule has 2 atom stereocenters. The average molecular weight is 188 g/mol. The van der Waals surface area contributed by atoms with Crippen molar-refractivity contribution in [2.45, 2.75) is 25.4 Å². The summed E-state index contributed by atoms with van der Waals surface area (Å²) in [7, 11) is 0. The minimum Gasteiger partial charge on any atom is -0.450 e. The highest BCUT2D eigenvalue weighted by molar-refractivity contribution is 5.67. The molecule has 0 aliphatic carbocycles. The van der Waals surface area contributed by atoms with E-state index in [-0.39, 0.29) is 24.8 Å². The zero-order valence-electron chi connectivity index (χ0n) is 7.75. The quantitative estimate of drug-likeness (QED) is 0.556. The molecule has 1 rings (SSSR count). The molecule has 0 aromatic heterocycles. The summed E-state index contributed by atoms with van der Waals surface area (Å²) < 4.78 is 4.73. The van der Waals surface area contributed by atoms with Crippen molar-refractivity contribution in [1.29, 1.82) is 0 Å². The van der Waals surface area contributed by atoms with Crippen LogP contribution in [0.3, 0.4) is 0 Å². The third-order valence-corrected chi connectivity index (χ3v) is 2.04. The van der Waals surface area contributed by atoms with E-state index in [0.29, 0.717) is 13.2 Å². The smallest absolute Gasteiger partial charge is 0.407 e. The number of carbonyl (C=O) groups is 1. The van der Waals surface area contributed by atoms with E-state index in [4.69, 9.17) is 9.84 Å². The van der Waals surface area contributed by atoms with E-state index in [9.17, 15) is 4.79 Å². The number of aliphatic hydroxyl groups excluding tert-OH is 1. The van der Waals surface area contributed by atoms with Crippen LogP contribution in [0.25, 0.3) is 0 Å². The van der Waals surface area contributed by atoms with Gasteiger partial charge in [0.25, 0.3) is 0 Å². The minimum absolute atomic E-state index is 0.0798. The third-order valence-electron chi connectivity index (χ3n) is 2.04. The maximum atomic E-state index is 11.0. The fourth-order valence-electron chi connectivity index (χ4n) is 1.41. The second kappa shape index (κ2) is 5.04. The molecule has 3 N–H and O–H groups in total. The maximum Gasteiger partial charge on any atom is 0.407 e. The van der Waals surface area contributed by atoms with Gasteiger partial charge in [-0.3, -0.25) is 0 Å². The molecule has 1 amide bonds. The molecule has 76 valence electrons. The Labute approximate surface area is 77.5 Å². The number of amides is 1. The van der Waals surface area contributed by atoms with Crippen molar-refractivity contribution >= 4 is 6.09 Å². The Morgan fingerprint density at radius 1 is 1.77 bits per heavy atom. The van der Waals surface area contributed by atoms with Gasteiger partial charge in [0.1, 0.15) is 0 Å². The molecule has 1 aliphatic heterocycles. The van der Waals surface area contributed by atoms with E-state index in [1.165, 1.54) is 0 Å². The lowest BCUT2D eigenvalue weighted by atomic mass is 10.2. The van der Waals surface area contributed by atoms with E-state index in [1.54, 1.807) is 6.92 Å². The first kappa shape index (κ1) is 10.3. The van der Waals surface area contributed by atoms with Crippen molar-refractivity contribution in [3.05, 3.63) is 0 Å². The van der Waals surface area contributed by atoms with Crippen LogP contribution >= 0.6 is 0 Å². The topological polar surface area (TPSA) is 70.6 Å². The van der Waals surface area contributed by atoms with Crippen LogP contribution in [0, 0.1) is 0 Å². The Balaban J connectivity index is 2.19. The molecule has 0 bridgehead atoms. The van der Waals surface area contributed by atoms with Crippen LogP contribution in [-0.2, 0) is 4.74 Å². The third kappa shape index (κ3) is 3.20. The lowest BCUT2D eigenvalue weighted by Crippen LogP contribution is -2.36. The van der Waals surface area contributed by atoms with Crippen molar-refractivity contribution in [2.75, 3.05) is 19.8 Å². The fraction of sp³-hybridized carbons (Fsp3) is 0.875. The van der Waals surface area contributed by atoms with E-state index in [1.807, 2.05) is 0 Å². The molecule has 1 aliphatic rings. The largest absolute Gasteiger partial charge is 0.450 e. The lowest BCUT2D eigenvalue weighted by molar-refractivity contribution is 0.148.